The molecule has 4 heteroatoms. The molecule has 4 nitrogen and oxygen atoms in total. The largest absolute Gasteiger partial charge is 0.393 e. The predicted molar refractivity (Wildman–Crippen MR) is 106 cm³/mol. The minimum Gasteiger partial charge on any atom is -0.393 e. The third-order valence-electron chi connectivity index (χ3n) is 9.68. The maximum atomic E-state index is 10.2. The summed E-state index contributed by atoms with van der Waals surface area (Å²) in [6, 6.07) is 2.55. The van der Waals surface area contributed by atoms with E-state index in [0.717, 1.165) is 38.5 Å². The van der Waals surface area contributed by atoms with E-state index >= 15 is 0 Å². The Kier molecular flexibility index (Phi) is 4.30. The molecule has 0 aromatic carbocycles. The summed E-state index contributed by atoms with van der Waals surface area (Å²) >= 11 is 0. The summed E-state index contributed by atoms with van der Waals surface area (Å²) < 4.78 is 12.6. The summed E-state index contributed by atoms with van der Waals surface area (Å²) in [6.07, 6.45) is 9.69. The second-order valence-corrected chi connectivity index (χ2v) is 10.8. The molecule has 28 heavy (non-hydrogen) atoms. The Labute approximate surface area is 169 Å². The first-order valence-corrected chi connectivity index (χ1v) is 11.4. The highest BCUT2D eigenvalue weighted by atomic mass is 16.7. The topological polar surface area (TPSA) is 62.5 Å². The SMILES string of the molecule is CC(C#N)[C@H]1C2(CC3C4CC=C5C[C@@H](O)CC[C@]5(C)C4CC[C@@]31C)OCCO2. The van der Waals surface area contributed by atoms with E-state index in [4.69, 9.17) is 9.47 Å². The van der Waals surface area contributed by atoms with Crippen molar-refractivity contribution in [2.45, 2.75) is 77.6 Å². The van der Waals surface area contributed by atoms with Crippen LogP contribution in [0.3, 0.4) is 0 Å². The average Bonchev–Trinajstić information content (AvgIpc) is 3.23. The van der Waals surface area contributed by atoms with Crippen LogP contribution >= 0.6 is 0 Å². The third kappa shape index (κ3) is 2.39. The number of aliphatic hydroxyl groups is 1. The summed E-state index contributed by atoms with van der Waals surface area (Å²) in [5.41, 5.74) is 1.86. The van der Waals surface area contributed by atoms with Gasteiger partial charge >= 0.3 is 0 Å². The van der Waals surface area contributed by atoms with Gasteiger partial charge in [-0.15, -0.1) is 0 Å². The molecule has 0 amide bonds. The van der Waals surface area contributed by atoms with Gasteiger partial charge in [-0.3, -0.25) is 0 Å². The Morgan fingerprint density at radius 3 is 2.64 bits per heavy atom. The highest BCUT2D eigenvalue weighted by molar-refractivity contribution is 5.26. The minimum atomic E-state index is -0.545. The van der Waals surface area contributed by atoms with Crippen LogP contribution in [0.2, 0.25) is 0 Å². The van der Waals surface area contributed by atoms with Crippen molar-refractivity contribution in [3.63, 3.8) is 0 Å². The Hall–Kier alpha value is -0.890. The van der Waals surface area contributed by atoms with Gasteiger partial charge in [-0.1, -0.05) is 25.5 Å². The van der Waals surface area contributed by atoms with Crippen LogP contribution < -0.4 is 0 Å². The van der Waals surface area contributed by atoms with Gasteiger partial charge in [0.05, 0.1) is 31.3 Å². The second kappa shape index (κ2) is 6.30. The molecule has 1 spiro atoms. The Balaban J connectivity index is 1.53. The van der Waals surface area contributed by atoms with Gasteiger partial charge in [0.2, 0.25) is 0 Å². The fourth-order valence-electron chi connectivity index (χ4n) is 8.49. The molecular formula is C24H35NO3. The first-order chi connectivity index (χ1) is 13.3. The van der Waals surface area contributed by atoms with E-state index in [2.05, 4.69) is 32.9 Å². The smallest absolute Gasteiger partial charge is 0.173 e. The Morgan fingerprint density at radius 1 is 1.18 bits per heavy atom. The van der Waals surface area contributed by atoms with Crippen molar-refractivity contribution in [1.82, 2.24) is 0 Å². The number of ether oxygens (including phenoxy) is 2. The van der Waals surface area contributed by atoms with Crippen molar-refractivity contribution in [2.75, 3.05) is 13.2 Å². The van der Waals surface area contributed by atoms with Crippen molar-refractivity contribution in [1.29, 1.82) is 5.26 Å². The molecular weight excluding hydrogens is 350 g/mol. The van der Waals surface area contributed by atoms with E-state index in [9.17, 15) is 10.4 Å². The van der Waals surface area contributed by atoms with Crippen molar-refractivity contribution < 1.29 is 14.6 Å². The lowest BCUT2D eigenvalue weighted by Crippen LogP contribution is -2.51. The fraction of sp³-hybridized carbons (Fsp3) is 0.875. The van der Waals surface area contributed by atoms with Gasteiger partial charge in [0.25, 0.3) is 0 Å². The van der Waals surface area contributed by atoms with Gasteiger partial charge in [-0.05, 0) is 74.0 Å². The summed E-state index contributed by atoms with van der Waals surface area (Å²) in [6.45, 7) is 8.28. The van der Waals surface area contributed by atoms with Crippen LogP contribution in [0, 0.1) is 51.8 Å². The summed E-state index contributed by atoms with van der Waals surface area (Å²) in [4.78, 5) is 0. The number of nitriles is 1. The molecule has 1 heterocycles. The van der Waals surface area contributed by atoms with E-state index in [-0.39, 0.29) is 28.8 Å². The molecule has 154 valence electrons. The molecule has 5 aliphatic rings. The average molecular weight is 386 g/mol. The van der Waals surface area contributed by atoms with Crippen molar-refractivity contribution in [3.8, 4) is 6.07 Å². The highest BCUT2D eigenvalue weighted by Crippen LogP contribution is 2.70. The van der Waals surface area contributed by atoms with Gasteiger partial charge in [0.15, 0.2) is 5.79 Å². The molecule has 1 N–H and O–H groups in total. The molecule has 1 aliphatic heterocycles. The second-order valence-electron chi connectivity index (χ2n) is 10.8. The molecule has 0 radical (unpaired) electrons. The standard InChI is InChI=1S/C24H35NO3/c1-15(14-25)21-23(3)9-7-19-18(20(23)13-24(21)27-10-11-28-24)5-4-16-12-17(26)6-8-22(16,19)2/h4,15,17-21,26H,5-13H2,1-3H3/t15?,17-,18?,19?,20?,21+,22-,23-/m0/s1. The number of hydrogen-bond acceptors (Lipinski definition) is 4. The van der Waals surface area contributed by atoms with Crippen molar-refractivity contribution in [3.05, 3.63) is 11.6 Å². The molecule has 5 rings (SSSR count). The fourth-order valence-corrected chi connectivity index (χ4v) is 8.49. The lowest BCUT2D eigenvalue weighted by molar-refractivity contribution is -0.201. The zero-order valence-electron chi connectivity index (χ0n) is 17.6. The Morgan fingerprint density at radius 2 is 1.93 bits per heavy atom. The quantitative estimate of drug-likeness (QED) is 0.678. The summed E-state index contributed by atoms with van der Waals surface area (Å²) in [5, 5.41) is 20.0. The van der Waals surface area contributed by atoms with Crippen molar-refractivity contribution >= 4 is 0 Å². The van der Waals surface area contributed by atoms with Gasteiger partial charge in [0, 0.05) is 12.3 Å². The van der Waals surface area contributed by atoms with Crippen molar-refractivity contribution in [2.24, 2.45) is 40.4 Å². The maximum Gasteiger partial charge on any atom is 0.173 e. The molecule has 4 fully saturated rings. The van der Waals surface area contributed by atoms with Gasteiger partial charge in [-0.2, -0.15) is 5.26 Å². The molecule has 0 aromatic rings. The predicted octanol–water partition coefficient (Wildman–Crippen LogP) is 4.44. The van der Waals surface area contributed by atoms with Crippen LogP contribution in [-0.4, -0.2) is 30.2 Å². The molecule has 4 aliphatic carbocycles. The molecule has 1 saturated heterocycles. The highest BCUT2D eigenvalue weighted by Gasteiger charge is 2.68. The van der Waals surface area contributed by atoms with Gasteiger partial charge in [0.1, 0.15) is 0 Å². The molecule has 3 saturated carbocycles. The maximum absolute atomic E-state index is 10.2. The number of fused-ring (bicyclic) bond motifs is 5. The first kappa shape index (κ1) is 19.1. The van der Waals surface area contributed by atoms with E-state index in [1.54, 1.807) is 0 Å². The van der Waals surface area contributed by atoms with E-state index in [0.29, 0.717) is 31.0 Å². The van der Waals surface area contributed by atoms with E-state index < -0.39 is 5.79 Å². The summed E-state index contributed by atoms with van der Waals surface area (Å²) in [7, 11) is 0. The number of nitrogens with zero attached hydrogens (tertiary/aromatic N) is 1. The minimum absolute atomic E-state index is 0.0558. The zero-order chi connectivity index (χ0) is 19.7. The van der Waals surface area contributed by atoms with Gasteiger partial charge < -0.3 is 14.6 Å². The van der Waals surface area contributed by atoms with Crippen LogP contribution in [0.25, 0.3) is 0 Å². The lowest BCUT2D eigenvalue weighted by Gasteiger charge is -2.58. The first-order valence-electron chi connectivity index (χ1n) is 11.4. The van der Waals surface area contributed by atoms with E-state index in [1.165, 1.54) is 12.0 Å². The Bertz CT molecular complexity index is 720. The molecule has 0 bridgehead atoms. The monoisotopic (exact) mass is 385 g/mol. The third-order valence-corrected chi connectivity index (χ3v) is 9.68. The zero-order valence-corrected chi connectivity index (χ0v) is 17.6. The van der Waals surface area contributed by atoms with Crippen LogP contribution in [0.5, 0.6) is 0 Å². The van der Waals surface area contributed by atoms with Crippen LogP contribution in [-0.2, 0) is 9.47 Å². The normalized spacial score (nSPS) is 50.2. The van der Waals surface area contributed by atoms with Crippen LogP contribution in [0.4, 0.5) is 0 Å². The van der Waals surface area contributed by atoms with E-state index in [1.807, 2.05) is 0 Å². The number of hydrogen-bond donors (Lipinski definition) is 1. The van der Waals surface area contributed by atoms with Gasteiger partial charge in [-0.25, -0.2) is 0 Å². The van der Waals surface area contributed by atoms with Crippen LogP contribution in [0.15, 0.2) is 11.6 Å². The lowest BCUT2D eigenvalue weighted by atomic mass is 9.47. The molecule has 0 aromatic heterocycles. The number of allylic oxidation sites excluding steroid dienone is 1. The summed E-state index contributed by atoms with van der Waals surface area (Å²) in [5.74, 6) is 1.43. The van der Waals surface area contributed by atoms with Crippen LogP contribution in [0.1, 0.15) is 65.7 Å². The number of rotatable bonds is 1. The molecule has 8 atom stereocenters. The molecule has 4 unspecified atom stereocenters. The number of aliphatic hydroxyl groups excluding tert-OH is 1.